The highest BCUT2D eigenvalue weighted by atomic mass is 16.7. The van der Waals surface area contributed by atoms with Crippen LogP contribution in [0, 0.1) is 0 Å². The van der Waals surface area contributed by atoms with Gasteiger partial charge in [-0.25, -0.2) is 0 Å². The van der Waals surface area contributed by atoms with Crippen molar-refractivity contribution in [3.63, 3.8) is 0 Å². The average molecular weight is 187 g/mol. The molecular formula is C11H25NO. The van der Waals surface area contributed by atoms with Crippen molar-refractivity contribution in [1.82, 2.24) is 5.06 Å². The van der Waals surface area contributed by atoms with Crippen LogP contribution in [-0.2, 0) is 4.84 Å². The number of rotatable bonds is 8. The molecule has 0 bridgehead atoms. The van der Waals surface area contributed by atoms with E-state index in [2.05, 4.69) is 32.9 Å². The van der Waals surface area contributed by atoms with Gasteiger partial charge in [0.05, 0.1) is 6.61 Å². The van der Waals surface area contributed by atoms with Gasteiger partial charge in [-0.05, 0) is 19.3 Å². The maximum Gasteiger partial charge on any atom is 0.0682 e. The van der Waals surface area contributed by atoms with Crippen LogP contribution in [0.5, 0.6) is 0 Å². The number of hydrogen-bond acceptors (Lipinski definition) is 2. The second kappa shape index (κ2) is 8.52. The summed E-state index contributed by atoms with van der Waals surface area (Å²) in [7, 11) is 2.06. The minimum atomic E-state index is 0.613. The van der Waals surface area contributed by atoms with Crippen LogP contribution in [0.2, 0.25) is 0 Å². The van der Waals surface area contributed by atoms with Gasteiger partial charge in [-0.15, -0.1) is 0 Å². The summed E-state index contributed by atoms with van der Waals surface area (Å²) < 4.78 is 0. The van der Waals surface area contributed by atoms with E-state index in [1.54, 1.807) is 0 Å². The van der Waals surface area contributed by atoms with Crippen LogP contribution in [-0.4, -0.2) is 24.8 Å². The van der Waals surface area contributed by atoms with E-state index in [-0.39, 0.29) is 0 Å². The lowest BCUT2D eigenvalue weighted by molar-refractivity contribution is -0.170. The standard InChI is InChI=1S/C11H25NO/c1-5-8-11(9-6-2)12(4)13-10-7-3/h11H,5-10H2,1-4H3. The van der Waals surface area contributed by atoms with Crippen molar-refractivity contribution in [2.45, 2.75) is 58.9 Å². The molecule has 0 atom stereocenters. The highest BCUT2D eigenvalue weighted by molar-refractivity contribution is 4.61. The first-order valence-corrected chi connectivity index (χ1v) is 5.61. The largest absolute Gasteiger partial charge is 0.299 e. The van der Waals surface area contributed by atoms with Crippen LogP contribution in [0.1, 0.15) is 52.9 Å². The molecule has 80 valence electrons. The van der Waals surface area contributed by atoms with E-state index in [4.69, 9.17) is 4.84 Å². The molecule has 0 aromatic rings. The molecule has 0 N–H and O–H groups in total. The molecule has 0 rings (SSSR count). The molecule has 0 aliphatic carbocycles. The Bertz CT molecular complexity index is 100. The zero-order valence-electron chi connectivity index (χ0n) is 9.68. The van der Waals surface area contributed by atoms with E-state index in [1.165, 1.54) is 25.7 Å². The molecule has 0 unspecified atom stereocenters. The molecule has 0 heterocycles. The van der Waals surface area contributed by atoms with Crippen molar-refractivity contribution >= 4 is 0 Å². The van der Waals surface area contributed by atoms with Crippen LogP contribution in [0.4, 0.5) is 0 Å². The van der Waals surface area contributed by atoms with Crippen LogP contribution >= 0.6 is 0 Å². The van der Waals surface area contributed by atoms with Gasteiger partial charge in [-0.3, -0.25) is 4.84 Å². The quantitative estimate of drug-likeness (QED) is 0.541. The van der Waals surface area contributed by atoms with Gasteiger partial charge in [-0.2, -0.15) is 5.06 Å². The van der Waals surface area contributed by atoms with E-state index in [1.807, 2.05) is 0 Å². The third-order valence-corrected chi connectivity index (χ3v) is 2.26. The average Bonchev–Trinajstić information content (AvgIpc) is 2.14. The fourth-order valence-electron chi connectivity index (χ4n) is 1.52. The summed E-state index contributed by atoms with van der Waals surface area (Å²) in [6.45, 7) is 7.45. The van der Waals surface area contributed by atoms with Crippen molar-refractivity contribution in [3.8, 4) is 0 Å². The molecule has 0 aliphatic rings. The van der Waals surface area contributed by atoms with Gasteiger partial charge in [0.25, 0.3) is 0 Å². The third-order valence-electron chi connectivity index (χ3n) is 2.26. The predicted molar refractivity (Wildman–Crippen MR) is 57.6 cm³/mol. The van der Waals surface area contributed by atoms with Gasteiger partial charge < -0.3 is 0 Å². The normalized spacial score (nSPS) is 11.5. The van der Waals surface area contributed by atoms with Crippen molar-refractivity contribution in [1.29, 1.82) is 0 Å². The van der Waals surface area contributed by atoms with E-state index in [9.17, 15) is 0 Å². The summed E-state index contributed by atoms with van der Waals surface area (Å²) in [5, 5.41) is 2.05. The smallest absolute Gasteiger partial charge is 0.0682 e. The molecule has 0 saturated carbocycles. The minimum Gasteiger partial charge on any atom is -0.299 e. The Balaban J connectivity index is 3.72. The van der Waals surface area contributed by atoms with Gasteiger partial charge in [0, 0.05) is 13.1 Å². The second-order valence-corrected chi connectivity index (χ2v) is 3.61. The Kier molecular flexibility index (Phi) is 8.46. The lowest BCUT2D eigenvalue weighted by Crippen LogP contribution is -2.31. The lowest BCUT2D eigenvalue weighted by Gasteiger charge is -2.26. The van der Waals surface area contributed by atoms with Crippen LogP contribution in [0.3, 0.4) is 0 Å². The van der Waals surface area contributed by atoms with E-state index in [0.717, 1.165) is 13.0 Å². The predicted octanol–water partition coefficient (Wildman–Crippen LogP) is 3.23. The van der Waals surface area contributed by atoms with Crippen LogP contribution in [0.15, 0.2) is 0 Å². The maximum absolute atomic E-state index is 5.59. The Morgan fingerprint density at radius 1 is 1.00 bits per heavy atom. The van der Waals surface area contributed by atoms with Crippen LogP contribution in [0.25, 0.3) is 0 Å². The van der Waals surface area contributed by atoms with Gasteiger partial charge in [0.15, 0.2) is 0 Å². The Morgan fingerprint density at radius 3 is 1.92 bits per heavy atom. The molecular weight excluding hydrogens is 162 g/mol. The minimum absolute atomic E-state index is 0.613. The third kappa shape index (κ3) is 6.05. The maximum atomic E-state index is 5.59. The summed E-state index contributed by atoms with van der Waals surface area (Å²) >= 11 is 0. The first-order valence-electron chi connectivity index (χ1n) is 5.61. The summed E-state index contributed by atoms with van der Waals surface area (Å²) in [6, 6.07) is 0.613. The number of nitrogens with zero attached hydrogens (tertiary/aromatic N) is 1. The van der Waals surface area contributed by atoms with Gasteiger partial charge in [0.1, 0.15) is 0 Å². The summed E-state index contributed by atoms with van der Waals surface area (Å²) in [5.41, 5.74) is 0. The summed E-state index contributed by atoms with van der Waals surface area (Å²) in [6.07, 6.45) is 6.06. The molecule has 0 amide bonds. The summed E-state index contributed by atoms with van der Waals surface area (Å²) in [5.74, 6) is 0. The van der Waals surface area contributed by atoms with Crippen molar-refractivity contribution < 1.29 is 4.84 Å². The number of hydroxylamine groups is 2. The molecule has 13 heavy (non-hydrogen) atoms. The molecule has 2 heteroatoms. The monoisotopic (exact) mass is 187 g/mol. The topological polar surface area (TPSA) is 12.5 Å². The number of hydrogen-bond donors (Lipinski definition) is 0. The van der Waals surface area contributed by atoms with Gasteiger partial charge >= 0.3 is 0 Å². The highest BCUT2D eigenvalue weighted by Gasteiger charge is 2.12. The summed E-state index contributed by atoms with van der Waals surface area (Å²) in [4.78, 5) is 5.59. The second-order valence-electron chi connectivity index (χ2n) is 3.61. The van der Waals surface area contributed by atoms with Crippen LogP contribution < -0.4 is 0 Å². The Labute approximate surface area is 83.2 Å². The molecule has 0 aromatic carbocycles. The fraction of sp³-hybridized carbons (Fsp3) is 1.00. The van der Waals surface area contributed by atoms with E-state index < -0.39 is 0 Å². The highest BCUT2D eigenvalue weighted by Crippen LogP contribution is 2.11. The zero-order valence-corrected chi connectivity index (χ0v) is 9.68. The zero-order chi connectivity index (χ0) is 10.1. The first-order chi connectivity index (χ1) is 6.26. The molecule has 0 aliphatic heterocycles. The van der Waals surface area contributed by atoms with Crippen molar-refractivity contribution in [3.05, 3.63) is 0 Å². The SMILES string of the molecule is CCCON(C)C(CCC)CCC. The lowest BCUT2D eigenvalue weighted by atomic mass is 10.1. The van der Waals surface area contributed by atoms with E-state index in [0.29, 0.717) is 6.04 Å². The Hall–Kier alpha value is -0.0800. The van der Waals surface area contributed by atoms with Crippen molar-refractivity contribution in [2.24, 2.45) is 0 Å². The molecule has 0 spiro atoms. The molecule has 0 aromatic heterocycles. The molecule has 2 nitrogen and oxygen atoms in total. The van der Waals surface area contributed by atoms with Gasteiger partial charge in [0.2, 0.25) is 0 Å². The molecule has 0 saturated heterocycles. The fourth-order valence-corrected chi connectivity index (χ4v) is 1.52. The first kappa shape index (κ1) is 12.9. The van der Waals surface area contributed by atoms with Crippen molar-refractivity contribution in [2.75, 3.05) is 13.7 Å². The molecule has 0 fully saturated rings. The molecule has 0 radical (unpaired) electrons. The van der Waals surface area contributed by atoms with Gasteiger partial charge in [-0.1, -0.05) is 33.6 Å². The van der Waals surface area contributed by atoms with E-state index >= 15 is 0 Å². The Morgan fingerprint density at radius 2 is 1.54 bits per heavy atom.